The Morgan fingerprint density at radius 1 is 1.08 bits per heavy atom. The van der Waals surface area contributed by atoms with E-state index in [1.165, 1.54) is 0 Å². The van der Waals surface area contributed by atoms with Crippen molar-refractivity contribution in [3.63, 3.8) is 0 Å². The van der Waals surface area contributed by atoms with Gasteiger partial charge in [0.15, 0.2) is 5.16 Å². The minimum atomic E-state index is 0.505. The van der Waals surface area contributed by atoms with E-state index in [1.54, 1.807) is 11.8 Å². The molecule has 4 aromatic rings. The molecule has 126 valence electrons. The first-order chi connectivity index (χ1) is 12.3. The molecular weight excluding hydrogens is 356 g/mol. The number of hydrogen-bond donors (Lipinski definition) is 0. The van der Waals surface area contributed by atoms with E-state index in [0.29, 0.717) is 22.5 Å². The average molecular weight is 371 g/mol. The lowest BCUT2D eigenvalue weighted by Gasteiger charge is -2.03. The molecule has 0 fully saturated rings. The SMILES string of the molecule is CCn1c(SCc2nc(-c3ccccc3Cl)no2)nc2ccccc21. The van der Waals surface area contributed by atoms with Crippen LogP contribution in [0.25, 0.3) is 22.4 Å². The topological polar surface area (TPSA) is 56.7 Å². The zero-order chi connectivity index (χ0) is 17.2. The van der Waals surface area contributed by atoms with Crippen LogP contribution < -0.4 is 0 Å². The van der Waals surface area contributed by atoms with Crippen LogP contribution in [0.15, 0.2) is 58.2 Å². The number of rotatable bonds is 5. The highest BCUT2D eigenvalue weighted by Crippen LogP contribution is 2.28. The van der Waals surface area contributed by atoms with Gasteiger partial charge in [-0.1, -0.05) is 52.8 Å². The zero-order valence-corrected chi connectivity index (χ0v) is 15.1. The Balaban J connectivity index is 1.56. The number of fused-ring (bicyclic) bond motifs is 1. The molecule has 7 heteroatoms. The van der Waals surface area contributed by atoms with Gasteiger partial charge in [0.2, 0.25) is 11.7 Å². The quantitative estimate of drug-likeness (QED) is 0.460. The van der Waals surface area contributed by atoms with Crippen molar-refractivity contribution in [1.82, 2.24) is 19.7 Å². The summed E-state index contributed by atoms with van der Waals surface area (Å²) in [6.45, 7) is 2.97. The fourth-order valence-electron chi connectivity index (χ4n) is 2.66. The summed E-state index contributed by atoms with van der Waals surface area (Å²) < 4.78 is 7.55. The van der Waals surface area contributed by atoms with Gasteiger partial charge in [-0.3, -0.25) is 0 Å². The number of halogens is 1. The molecule has 25 heavy (non-hydrogen) atoms. The Kier molecular flexibility index (Phi) is 4.46. The summed E-state index contributed by atoms with van der Waals surface area (Å²) in [5, 5.41) is 5.59. The van der Waals surface area contributed by atoms with Crippen LogP contribution in [0.3, 0.4) is 0 Å². The van der Waals surface area contributed by atoms with Crippen molar-refractivity contribution in [2.24, 2.45) is 0 Å². The van der Waals surface area contributed by atoms with Crippen LogP contribution in [0.5, 0.6) is 0 Å². The predicted molar refractivity (Wildman–Crippen MR) is 99.7 cm³/mol. The monoisotopic (exact) mass is 370 g/mol. The summed E-state index contributed by atoms with van der Waals surface area (Å²) in [6, 6.07) is 15.6. The van der Waals surface area contributed by atoms with E-state index in [4.69, 9.17) is 21.1 Å². The third kappa shape index (κ3) is 3.15. The van der Waals surface area contributed by atoms with E-state index in [9.17, 15) is 0 Å². The van der Waals surface area contributed by atoms with E-state index in [-0.39, 0.29) is 0 Å². The van der Waals surface area contributed by atoms with Gasteiger partial charge in [0.05, 0.1) is 21.8 Å². The lowest BCUT2D eigenvalue weighted by molar-refractivity contribution is 0.391. The normalized spacial score (nSPS) is 11.3. The van der Waals surface area contributed by atoms with Gasteiger partial charge in [0.25, 0.3) is 0 Å². The van der Waals surface area contributed by atoms with Gasteiger partial charge in [0.1, 0.15) is 0 Å². The van der Waals surface area contributed by atoms with Crippen LogP contribution in [-0.2, 0) is 12.3 Å². The molecule has 0 amide bonds. The first kappa shape index (κ1) is 16.2. The van der Waals surface area contributed by atoms with Crippen molar-refractivity contribution in [2.45, 2.75) is 24.4 Å². The molecule has 2 heterocycles. The second kappa shape index (κ2) is 6.90. The van der Waals surface area contributed by atoms with Crippen molar-refractivity contribution in [1.29, 1.82) is 0 Å². The van der Waals surface area contributed by atoms with Crippen LogP contribution in [0.2, 0.25) is 5.02 Å². The summed E-state index contributed by atoms with van der Waals surface area (Å²) in [6.07, 6.45) is 0. The Bertz CT molecular complexity index is 1030. The summed E-state index contributed by atoms with van der Waals surface area (Å²) in [5.74, 6) is 1.61. The maximum atomic E-state index is 6.19. The van der Waals surface area contributed by atoms with Gasteiger partial charge in [-0.05, 0) is 31.2 Å². The maximum absolute atomic E-state index is 6.19. The molecule has 0 unspecified atom stereocenters. The molecule has 2 aromatic carbocycles. The summed E-state index contributed by atoms with van der Waals surface area (Å²) in [5.41, 5.74) is 2.90. The average Bonchev–Trinajstić information content (AvgIpc) is 3.24. The Labute approximate surface area is 154 Å². The van der Waals surface area contributed by atoms with Gasteiger partial charge in [-0.2, -0.15) is 4.98 Å². The lowest BCUT2D eigenvalue weighted by atomic mass is 10.2. The van der Waals surface area contributed by atoms with Crippen molar-refractivity contribution in [2.75, 3.05) is 0 Å². The van der Waals surface area contributed by atoms with E-state index >= 15 is 0 Å². The second-order valence-electron chi connectivity index (χ2n) is 5.41. The standard InChI is InChI=1S/C18H15ClN4OS/c1-2-23-15-10-6-5-9-14(15)20-18(23)25-11-16-21-17(22-24-16)12-7-3-4-8-13(12)19/h3-10H,2,11H2,1H3. The van der Waals surface area contributed by atoms with Gasteiger partial charge < -0.3 is 9.09 Å². The summed E-state index contributed by atoms with van der Waals surface area (Å²) >= 11 is 7.77. The molecule has 5 nitrogen and oxygen atoms in total. The molecular formula is C18H15ClN4OS. The summed E-state index contributed by atoms with van der Waals surface area (Å²) in [4.78, 5) is 9.14. The predicted octanol–water partition coefficient (Wildman–Crippen LogP) is 5.05. The van der Waals surface area contributed by atoms with Crippen LogP contribution >= 0.6 is 23.4 Å². The Morgan fingerprint density at radius 2 is 1.88 bits per heavy atom. The molecule has 0 spiro atoms. The van der Waals surface area contributed by atoms with Crippen molar-refractivity contribution in [3.05, 3.63) is 59.4 Å². The highest BCUT2D eigenvalue weighted by atomic mass is 35.5. The number of imidazole rings is 1. The molecule has 0 aliphatic carbocycles. The number of para-hydroxylation sites is 2. The molecule has 2 aromatic heterocycles. The van der Waals surface area contributed by atoms with E-state index in [1.807, 2.05) is 42.5 Å². The molecule has 0 N–H and O–H groups in total. The zero-order valence-electron chi connectivity index (χ0n) is 13.5. The Hall–Kier alpha value is -2.31. The Morgan fingerprint density at radius 3 is 2.72 bits per heavy atom. The smallest absolute Gasteiger partial charge is 0.237 e. The van der Waals surface area contributed by atoms with Crippen LogP contribution in [0.4, 0.5) is 0 Å². The van der Waals surface area contributed by atoms with Gasteiger partial charge in [-0.25, -0.2) is 4.98 Å². The number of aryl methyl sites for hydroxylation is 1. The van der Waals surface area contributed by atoms with Crippen LogP contribution in [0.1, 0.15) is 12.8 Å². The number of hydrogen-bond acceptors (Lipinski definition) is 5. The van der Waals surface area contributed by atoms with Gasteiger partial charge in [-0.15, -0.1) is 0 Å². The fourth-order valence-corrected chi connectivity index (χ4v) is 3.80. The van der Waals surface area contributed by atoms with Crippen molar-refractivity contribution < 1.29 is 4.52 Å². The number of aromatic nitrogens is 4. The summed E-state index contributed by atoms with van der Waals surface area (Å²) in [7, 11) is 0. The van der Waals surface area contributed by atoms with Gasteiger partial charge >= 0.3 is 0 Å². The molecule has 0 aliphatic rings. The minimum Gasteiger partial charge on any atom is -0.338 e. The molecule has 0 aliphatic heterocycles. The maximum Gasteiger partial charge on any atom is 0.237 e. The molecule has 0 radical (unpaired) electrons. The highest BCUT2D eigenvalue weighted by molar-refractivity contribution is 7.98. The third-order valence-corrected chi connectivity index (χ3v) is 5.13. The molecule has 4 rings (SSSR count). The first-order valence-electron chi connectivity index (χ1n) is 7.92. The van der Waals surface area contributed by atoms with Crippen LogP contribution in [0, 0.1) is 0 Å². The number of thioether (sulfide) groups is 1. The molecule has 0 atom stereocenters. The van der Waals surface area contributed by atoms with Crippen LogP contribution in [-0.4, -0.2) is 19.7 Å². The van der Waals surface area contributed by atoms with E-state index < -0.39 is 0 Å². The number of nitrogens with zero attached hydrogens (tertiary/aromatic N) is 4. The van der Waals surface area contributed by atoms with Crippen molar-refractivity contribution in [3.8, 4) is 11.4 Å². The molecule has 0 saturated carbocycles. The minimum absolute atomic E-state index is 0.505. The lowest BCUT2D eigenvalue weighted by Crippen LogP contribution is -1.96. The van der Waals surface area contributed by atoms with E-state index in [2.05, 4.69) is 27.7 Å². The highest BCUT2D eigenvalue weighted by Gasteiger charge is 2.14. The number of benzene rings is 2. The second-order valence-corrected chi connectivity index (χ2v) is 6.76. The van der Waals surface area contributed by atoms with Gasteiger partial charge in [0, 0.05) is 12.1 Å². The molecule has 0 saturated heterocycles. The first-order valence-corrected chi connectivity index (χ1v) is 9.28. The largest absolute Gasteiger partial charge is 0.338 e. The molecule has 0 bridgehead atoms. The van der Waals surface area contributed by atoms with Crippen molar-refractivity contribution >= 4 is 34.4 Å². The fraction of sp³-hybridized carbons (Fsp3) is 0.167. The third-order valence-electron chi connectivity index (χ3n) is 3.84. The van der Waals surface area contributed by atoms with E-state index in [0.717, 1.165) is 28.3 Å².